The quantitative estimate of drug-likeness (QED) is 0.484. The van der Waals surface area contributed by atoms with Crippen LogP contribution in [0.15, 0.2) is 42.5 Å². The summed E-state index contributed by atoms with van der Waals surface area (Å²) < 4.78 is 5.32. The van der Waals surface area contributed by atoms with E-state index in [-0.39, 0.29) is 17.2 Å². The van der Waals surface area contributed by atoms with Crippen molar-refractivity contribution in [1.29, 1.82) is 0 Å². The van der Waals surface area contributed by atoms with Crippen LogP contribution in [0.25, 0.3) is 0 Å². The highest BCUT2D eigenvalue weighted by molar-refractivity contribution is 5.98. The largest absolute Gasteiger partial charge is 0.449 e. The Morgan fingerprint density at radius 2 is 1.93 bits per heavy atom. The molecule has 1 amide bonds. The first-order valence-electron chi connectivity index (χ1n) is 8.93. The van der Waals surface area contributed by atoms with Gasteiger partial charge in [0.15, 0.2) is 6.10 Å². The van der Waals surface area contributed by atoms with Gasteiger partial charge in [-0.3, -0.25) is 14.9 Å². The monoisotopic (exact) mass is 383 g/mol. The number of rotatable bonds is 5. The van der Waals surface area contributed by atoms with Crippen LogP contribution in [-0.4, -0.2) is 41.4 Å². The molecule has 1 unspecified atom stereocenters. The van der Waals surface area contributed by atoms with E-state index in [1.54, 1.807) is 11.9 Å². The number of amides is 1. The summed E-state index contributed by atoms with van der Waals surface area (Å²) in [5.41, 5.74) is 2.48. The van der Waals surface area contributed by atoms with E-state index in [1.807, 2.05) is 24.3 Å². The van der Waals surface area contributed by atoms with Crippen LogP contribution in [0.5, 0.6) is 0 Å². The highest BCUT2D eigenvalue weighted by atomic mass is 16.6. The van der Waals surface area contributed by atoms with Gasteiger partial charge in [-0.1, -0.05) is 24.3 Å². The molecule has 146 valence electrons. The van der Waals surface area contributed by atoms with E-state index in [1.165, 1.54) is 24.6 Å². The third-order valence-electron chi connectivity index (χ3n) is 4.78. The zero-order valence-electron chi connectivity index (χ0n) is 15.7. The van der Waals surface area contributed by atoms with Crippen LogP contribution in [0.2, 0.25) is 0 Å². The smallest absolute Gasteiger partial charge is 0.341 e. The van der Waals surface area contributed by atoms with E-state index >= 15 is 0 Å². The number of hydrogen-bond donors (Lipinski definition) is 1. The van der Waals surface area contributed by atoms with Gasteiger partial charge in [-0.2, -0.15) is 0 Å². The minimum Gasteiger partial charge on any atom is -0.449 e. The average molecular weight is 383 g/mol. The average Bonchev–Trinajstić information content (AvgIpc) is 2.72. The van der Waals surface area contributed by atoms with Gasteiger partial charge in [0.25, 0.3) is 11.6 Å². The first-order valence-corrected chi connectivity index (χ1v) is 8.93. The van der Waals surface area contributed by atoms with E-state index in [0.29, 0.717) is 18.8 Å². The lowest BCUT2D eigenvalue weighted by atomic mass is 9.99. The van der Waals surface area contributed by atoms with E-state index in [2.05, 4.69) is 5.32 Å². The normalized spacial score (nSPS) is 14.0. The zero-order valence-corrected chi connectivity index (χ0v) is 15.7. The number of ether oxygens (including phenoxy) is 1. The summed E-state index contributed by atoms with van der Waals surface area (Å²) in [4.78, 5) is 37.3. The first kappa shape index (κ1) is 19.3. The lowest BCUT2D eigenvalue weighted by molar-refractivity contribution is -0.384. The molecule has 28 heavy (non-hydrogen) atoms. The Bertz CT molecular complexity index is 928. The number of nitrogens with zero attached hydrogens (tertiary/aromatic N) is 2. The molecule has 1 heterocycles. The fourth-order valence-electron chi connectivity index (χ4n) is 3.25. The summed E-state index contributed by atoms with van der Waals surface area (Å²) in [6, 6.07) is 11.8. The lowest BCUT2D eigenvalue weighted by Gasteiger charge is -2.30. The molecule has 0 fully saturated rings. The first-order chi connectivity index (χ1) is 13.4. The second-order valence-corrected chi connectivity index (χ2v) is 6.56. The van der Waals surface area contributed by atoms with Gasteiger partial charge < -0.3 is 15.0 Å². The second-order valence-electron chi connectivity index (χ2n) is 6.56. The molecule has 0 aromatic heterocycles. The van der Waals surface area contributed by atoms with Crippen LogP contribution in [0, 0.1) is 10.1 Å². The summed E-state index contributed by atoms with van der Waals surface area (Å²) >= 11 is 0. The highest BCUT2D eigenvalue weighted by Gasteiger charge is 2.28. The van der Waals surface area contributed by atoms with Gasteiger partial charge in [-0.05, 0) is 30.5 Å². The fourth-order valence-corrected chi connectivity index (χ4v) is 3.25. The number of anilines is 1. The van der Waals surface area contributed by atoms with Gasteiger partial charge in [0.1, 0.15) is 0 Å². The van der Waals surface area contributed by atoms with Crippen LogP contribution >= 0.6 is 0 Å². The van der Waals surface area contributed by atoms with E-state index in [0.717, 1.165) is 18.1 Å². The van der Waals surface area contributed by atoms with Gasteiger partial charge in [0, 0.05) is 38.0 Å². The maximum atomic E-state index is 12.7. The molecule has 1 N–H and O–H groups in total. The van der Waals surface area contributed by atoms with Crippen molar-refractivity contribution in [1.82, 2.24) is 4.90 Å². The molecule has 2 aromatic carbocycles. The minimum atomic E-state index is -0.998. The Morgan fingerprint density at radius 3 is 2.61 bits per heavy atom. The molecular formula is C20H21N3O5. The second kappa shape index (κ2) is 8.08. The van der Waals surface area contributed by atoms with Gasteiger partial charge in [0.05, 0.1) is 10.5 Å². The Hall–Kier alpha value is -3.42. The molecule has 0 bridgehead atoms. The van der Waals surface area contributed by atoms with Crippen molar-refractivity contribution in [3.8, 4) is 0 Å². The van der Waals surface area contributed by atoms with Crippen LogP contribution in [0.4, 0.5) is 11.4 Å². The predicted octanol–water partition coefficient (Wildman–Crippen LogP) is 2.77. The van der Waals surface area contributed by atoms with Crippen LogP contribution < -0.4 is 5.32 Å². The van der Waals surface area contributed by atoms with Crippen molar-refractivity contribution in [2.75, 3.05) is 18.9 Å². The molecule has 0 saturated heterocycles. The van der Waals surface area contributed by atoms with Gasteiger partial charge in [0.2, 0.25) is 0 Å². The third-order valence-corrected chi connectivity index (χ3v) is 4.78. The molecule has 2 aromatic rings. The Balaban J connectivity index is 1.71. The van der Waals surface area contributed by atoms with Crippen molar-refractivity contribution < 1.29 is 19.2 Å². The molecule has 3 rings (SSSR count). The van der Waals surface area contributed by atoms with Crippen molar-refractivity contribution in [3.63, 3.8) is 0 Å². The Morgan fingerprint density at radius 1 is 1.21 bits per heavy atom. The van der Waals surface area contributed by atoms with E-state index < -0.39 is 17.0 Å². The SMILES string of the molecule is CNc1ccc([N+](=O)[O-])cc1C(=O)OC(C)C(=O)N1CCc2ccccc2C1. The number of fused-ring (bicyclic) bond motifs is 1. The number of nitrogens with one attached hydrogen (secondary N) is 1. The number of hydrogen-bond acceptors (Lipinski definition) is 6. The summed E-state index contributed by atoms with van der Waals surface area (Å²) in [5, 5.41) is 13.8. The third kappa shape index (κ3) is 3.95. The van der Waals surface area contributed by atoms with Crippen LogP contribution in [-0.2, 0) is 22.5 Å². The molecule has 0 spiro atoms. The van der Waals surface area contributed by atoms with Gasteiger partial charge in [-0.15, -0.1) is 0 Å². The van der Waals surface area contributed by atoms with Crippen molar-refractivity contribution >= 4 is 23.3 Å². The molecule has 1 atom stereocenters. The summed E-state index contributed by atoms with van der Waals surface area (Å²) in [7, 11) is 1.59. The number of carbonyl (C=O) groups excluding carboxylic acids is 2. The predicted molar refractivity (Wildman–Crippen MR) is 103 cm³/mol. The van der Waals surface area contributed by atoms with Gasteiger partial charge in [-0.25, -0.2) is 4.79 Å². The van der Waals surface area contributed by atoms with E-state index in [9.17, 15) is 19.7 Å². The van der Waals surface area contributed by atoms with Crippen LogP contribution in [0.1, 0.15) is 28.4 Å². The standard InChI is InChI=1S/C20H21N3O5/c1-13(19(24)22-10-9-14-5-3-4-6-15(14)12-22)28-20(25)17-11-16(23(26)27)7-8-18(17)21-2/h3-8,11,13,21H,9-10,12H2,1-2H3. The maximum Gasteiger partial charge on any atom is 0.341 e. The summed E-state index contributed by atoms with van der Waals surface area (Å²) in [6.45, 7) is 2.53. The molecule has 1 aliphatic heterocycles. The molecule has 0 radical (unpaired) electrons. The van der Waals surface area contributed by atoms with Crippen LogP contribution in [0.3, 0.4) is 0 Å². The maximum absolute atomic E-state index is 12.7. The van der Waals surface area contributed by atoms with Gasteiger partial charge >= 0.3 is 5.97 Å². The minimum absolute atomic E-state index is 0.0142. The number of esters is 1. The fraction of sp³-hybridized carbons (Fsp3) is 0.300. The zero-order chi connectivity index (χ0) is 20.3. The number of nitro groups is 1. The topological polar surface area (TPSA) is 102 Å². The summed E-state index contributed by atoms with van der Waals surface area (Å²) in [5.74, 6) is -1.08. The summed E-state index contributed by atoms with van der Waals surface area (Å²) in [6.07, 6.45) is -0.251. The Labute approximate surface area is 162 Å². The van der Waals surface area contributed by atoms with Crippen molar-refractivity contribution in [2.24, 2.45) is 0 Å². The number of benzene rings is 2. The molecule has 1 aliphatic rings. The molecule has 8 heteroatoms. The number of non-ortho nitro benzene ring substituents is 1. The molecule has 0 saturated carbocycles. The number of nitro benzene ring substituents is 1. The Kier molecular flexibility index (Phi) is 5.58. The lowest BCUT2D eigenvalue weighted by Crippen LogP contribution is -2.42. The van der Waals surface area contributed by atoms with E-state index in [4.69, 9.17) is 4.74 Å². The molecule has 0 aliphatic carbocycles. The van der Waals surface area contributed by atoms with Crippen molar-refractivity contribution in [2.45, 2.75) is 26.0 Å². The van der Waals surface area contributed by atoms with Crippen molar-refractivity contribution in [3.05, 3.63) is 69.3 Å². The number of carbonyl (C=O) groups is 2. The molecular weight excluding hydrogens is 362 g/mol. The molecule has 8 nitrogen and oxygen atoms in total. The highest BCUT2D eigenvalue weighted by Crippen LogP contribution is 2.24.